The summed E-state index contributed by atoms with van der Waals surface area (Å²) in [7, 11) is 0. The number of imide groups is 1. The molecule has 1 atom stereocenters. The van der Waals surface area contributed by atoms with Crippen LogP contribution >= 0.6 is 11.6 Å². The second-order valence-electron chi connectivity index (χ2n) is 7.58. The van der Waals surface area contributed by atoms with Gasteiger partial charge in [0, 0.05) is 27.7 Å². The Kier molecular flexibility index (Phi) is 5.61. The molecule has 0 saturated carbocycles. The van der Waals surface area contributed by atoms with Crippen molar-refractivity contribution in [1.82, 2.24) is 14.8 Å². The van der Waals surface area contributed by atoms with E-state index in [-0.39, 0.29) is 24.2 Å². The lowest BCUT2D eigenvalue weighted by Crippen LogP contribution is -2.36. The number of ketones is 1. The third-order valence-electron chi connectivity index (χ3n) is 4.93. The molecule has 1 N–H and O–H groups in total. The smallest absolute Gasteiger partial charge is 0.325 e. The second kappa shape index (κ2) is 7.80. The van der Waals surface area contributed by atoms with Gasteiger partial charge in [-0.2, -0.15) is 0 Å². The number of aryl methyl sites for hydroxylation is 1. The molecule has 148 valence electrons. The lowest BCUT2D eigenvalue weighted by molar-refractivity contribution is -0.127. The van der Waals surface area contributed by atoms with E-state index in [1.165, 1.54) is 0 Å². The monoisotopic (exact) mass is 401 g/mol. The molecule has 2 heterocycles. The highest BCUT2D eigenvalue weighted by Gasteiger charge is 2.39. The highest BCUT2D eigenvalue weighted by molar-refractivity contribution is 6.30. The van der Waals surface area contributed by atoms with Crippen molar-refractivity contribution >= 4 is 29.3 Å². The van der Waals surface area contributed by atoms with Crippen molar-refractivity contribution in [2.24, 2.45) is 5.92 Å². The van der Waals surface area contributed by atoms with Crippen molar-refractivity contribution in [3.8, 4) is 5.69 Å². The van der Waals surface area contributed by atoms with E-state index < -0.39 is 12.1 Å². The van der Waals surface area contributed by atoms with Gasteiger partial charge in [0.2, 0.25) is 0 Å². The summed E-state index contributed by atoms with van der Waals surface area (Å²) in [6.45, 7) is 7.47. The Morgan fingerprint density at radius 3 is 2.43 bits per heavy atom. The standard InChI is InChI=1S/C21H24ClN3O3/c1-12(2)9-18-20(27)24(21(28)23-18)11-19(26)17-10-13(3)25(14(17)4)16-7-5-15(22)6-8-16/h5-8,10,12,18H,9,11H2,1-4H3,(H,23,28)/t18-/m0/s1. The average Bonchev–Trinajstić information content (AvgIpc) is 3.06. The molecule has 3 amide bonds. The minimum absolute atomic E-state index is 0.260. The van der Waals surface area contributed by atoms with Gasteiger partial charge in [0.25, 0.3) is 5.91 Å². The van der Waals surface area contributed by atoms with Crippen LogP contribution in [0.1, 0.15) is 42.0 Å². The minimum atomic E-state index is -0.554. The Balaban J connectivity index is 1.82. The molecule has 2 aromatic rings. The fourth-order valence-corrected chi connectivity index (χ4v) is 3.75. The van der Waals surface area contributed by atoms with Gasteiger partial charge in [-0.1, -0.05) is 25.4 Å². The molecule has 7 heteroatoms. The summed E-state index contributed by atoms with van der Waals surface area (Å²) >= 11 is 5.96. The van der Waals surface area contributed by atoms with Crippen molar-refractivity contribution in [3.05, 3.63) is 52.3 Å². The van der Waals surface area contributed by atoms with E-state index >= 15 is 0 Å². The van der Waals surface area contributed by atoms with E-state index in [9.17, 15) is 14.4 Å². The van der Waals surface area contributed by atoms with Crippen molar-refractivity contribution in [3.63, 3.8) is 0 Å². The molecule has 0 spiro atoms. The zero-order chi connectivity index (χ0) is 20.6. The van der Waals surface area contributed by atoms with Crippen molar-refractivity contribution < 1.29 is 14.4 Å². The summed E-state index contributed by atoms with van der Waals surface area (Å²) in [4.78, 5) is 38.6. The SMILES string of the molecule is Cc1cc(C(=O)CN2C(=O)N[C@@H](CC(C)C)C2=O)c(C)n1-c1ccc(Cl)cc1. The molecule has 3 rings (SSSR count). The van der Waals surface area contributed by atoms with Crippen LogP contribution in [0, 0.1) is 19.8 Å². The maximum absolute atomic E-state index is 12.9. The van der Waals surface area contributed by atoms with Crippen LogP contribution in [0.25, 0.3) is 5.69 Å². The second-order valence-corrected chi connectivity index (χ2v) is 8.01. The van der Waals surface area contributed by atoms with Crippen LogP contribution in [0.4, 0.5) is 4.79 Å². The average molecular weight is 402 g/mol. The predicted octanol–water partition coefficient (Wildman–Crippen LogP) is 3.90. The number of rotatable bonds is 6. The maximum Gasteiger partial charge on any atom is 0.325 e. The Labute approximate surface area is 169 Å². The molecular formula is C21H24ClN3O3. The maximum atomic E-state index is 12.9. The number of carbonyl (C=O) groups is 3. The molecule has 28 heavy (non-hydrogen) atoms. The Morgan fingerprint density at radius 1 is 1.18 bits per heavy atom. The molecule has 1 aromatic heterocycles. The fraction of sp³-hybridized carbons (Fsp3) is 0.381. The Hall–Kier alpha value is -2.60. The van der Waals surface area contributed by atoms with E-state index in [0.717, 1.165) is 22.0 Å². The van der Waals surface area contributed by atoms with Crippen LogP contribution in [0.15, 0.2) is 30.3 Å². The lowest BCUT2D eigenvalue weighted by Gasteiger charge is -2.13. The van der Waals surface area contributed by atoms with Crippen LogP contribution in [-0.4, -0.2) is 39.8 Å². The number of nitrogens with zero attached hydrogens (tertiary/aromatic N) is 2. The number of hydrogen-bond donors (Lipinski definition) is 1. The summed E-state index contributed by atoms with van der Waals surface area (Å²) in [6.07, 6.45) is 0.556. The molecule has 6 nitrogen and oxygen atoms in total. The van der Waals surface area contributed by atoms with Crippen LogP contribution in [0.5, 0.6) is 0 Å². The van der Waals surface area contributed by atoms with Gasteiger partial charge in [-0.3, -0.25) is 14.5 Å². The predicted molar refractivity (Wildman–Crippen MR) is 108 cm³/mol. The Bertz CT molecular complexity index is 931. The summed E-state index contributed by atoms with van der Waals surface area (Å²) in [6, 6.07) is 8.07. The van der Waals surface area contributed by atoms with Gasteiger partial charge >= 0.3 is 6.03 Å². The number of nitrogens with one attached hydrogen (secondary N) is 1. The highest BCUT2D eigenvalue weighted by atomic mass is 35.5. The third-order valence-corrected chi connectivity index (χ3v) is 5.18. The third kappa shape index (κ3) is 3.83. The molecule has 1 aliphatic rings. The fourth-order valence-electron chi connectivity index (χ4n) is 3.62. The van der Waals surface area contributed by atoms with Crippen LogP contribution in [-0.2, 0) is 4.79 Å². The molecule has 0 bridgehead atoms. The number of halogens is 1. The number of benzene rings is 1. The van der Waals surface area contributed by atoms with Crippen molar-refractivity contribution in [2.45, 2.75) is 40.2 Å². The quantitative estimate of drug-likeness (QED) is 0.589. The first kappa shape index (κ1) is 20.1. The van der Waals surface area contributed by atoms with Gasteiger partial charge in [0.1, 0.15) is 6.04 Å². The summed E-state index contributed by atoms with van der Waals surface area (Å²) in [5.74, 6) is -0.330. The topological polar surface area (TPSA) is 71.4 Å². The van der Waals surface area contributed by atoms with Gasteiger partial charge in [0.15, 0.2) is 5.78 Å². The zero-order valence-corrected chi connectivity index (χ0v) is 17.2. The minimum Gasteiger partial charge on any atom is -0.326 e. The number of carbonyl (C=O) groups excluding carboxylic acids is 3. The Morgan fingerprint density at radius 2 is 1.82 bits per heavy atom. The van der Waals surface area contributed by atoms with Crippen molar-refractivity contribution in [1.29, 1.82) is 0 Å². The number of hydrogen-bond acceptors (Lipinski definition) is 3. The number of Topliss-reactive ketones (excluding diaryl/α,β-unsaturated/α-hetero) is 1. The highest BCUT2D eigenvalue weighted by Crippen LogP contribution is 2.23. The van der Waals surface area contributed by atoms with Gasteiger partial charge in [-0.25, -0.2) is 4.79 Å². The molecule has 0 unspecified atom stereocenters. The molecule has 1 aliphatic heterocycles. The van der Waals surface area contributed by atoms with E-state index in [4.69, 9.17) is 11.6 Å². The first-order valence-corrected chi connectivity index (χ1v) is 9.66. The first-order chi connectivity index (χ1) is 13.2. The normalized spacial score (nSPS) is 16.8. The first-order valence-electron chi connectivity index (χ1n) is 9.29. The van der Waals surface area contributed by atoms with E-state index in [2.05, 4.69) is 5.32 Å². The van der Waals surface area contributed by atoms with Crippen LogP contribution in [0.2, 0.25) is 5.02 Å². The van der Waals surface area contributed by atoms with Gasteiger partial charge in [-0.05, 0) is 56.5 Å². The largest absolute Gasteiger partial charge is 0.326 e. The number of urea groups is 1. The molecule has 0 radical (unpaired) electrons. The van der Waals surface area contributed by atoms with E-state index in [1.54, 1.807) is 18.2 Å². The van der Waals surface area contributed by atoms with Crippen LogP contribution in [0.3, 0.4) is 0 Å². The lowest BCUT2D eigenvalue weighted by atomic mass is 10.0. The molecule has 1 saturated heterocycles. The van der Waals surface area contributed by atoms with Gasteiger partial charge < -0.3 is 9.88 Å². The summed E-state index contributed by atoms with van der Waals surface area (Å²) in [5, 5.41) is 3.31. The van der Waals surface area contributed by atoms with Gasteiger partial charge in [0.05, 0.1) is 6.54 Å². The van der Waals surface area contributed by atoms with Gasteiger partial charge in [-0.15, -0.1) is 0 Å². The zero-order valence-electron chi connectivity index (χ0n) is 16.5. The number of aromatic nitrogens is 1. The summed E-state index contributed by atoms with van der Waals surface area (Å²) < 4.78 is 1.96. The van der Waals surface area contributed by atoms with E-state index in [0.29, 0.717) is 17.0 Å². The molecule has 0 aliphatic carbocycles. The van der Waals surface area contributed by atoms with Crippen molar-refractivity contribution in [2.75, 3.05) is 6.54 Å². The molecular weight excluding hydrogens is 378 g/mol. The molecule has 1 aromatic carbocycles. The molecule has 1 fully saturated rings. The number of amides is 3. The van der Waals surface area contributed by atoms with Crippen LogP contribution < -0.4 is 5.32 Å². The van der Waals surface area contributed by atoms with E-state index in [1.807, 2.05) is 44.4 Å². The summed E-state index contributed by atoms with van der Waals surface area (Å²) in [5.41, 5.74) is 3.04.